The number of hydrogen-bond acceptors (Lipinski definition) is 6. The van der Waals surface area contributed by atoms with Crippen LogP contribution in [0.1, 0.15) is 17.0 Å². The fourth-order valence-corrected chi connectivity index (χ4v) is 4.22. The molecule has 0 radical (unpaired) electrons. The second-order valence-electron chi connectivity index (χ2n) is 7.59. The predicted octanol–water partition coefficient (Wildman–Crippen LogP) is 4.54. The van der Waals surface area contributed by atoms with Crippen LogP contribution in [0.25, 0.3) is 10.9 Å². The van der Waals surface area contributed by atoms with Crippen LogP contribution in [0.3, 0.4) is 0 Å². The summed E-state index contributed by atoms with van der Waals surface area (Å²) < 4.78 is 0. The van der Waals surface area contributed by atoms with E-state index in [0.717, 1.165) is 32.9 Å². The smallest absolute Gasteiger partial charge is 0.237 e. The lowest BCUT2D eigenvalue weighted by molar-refractivity contribution is -0.117. The minimum Gasteiger partial charge on any atom is -0.361 e. The Morgan fingerprint density at radius 3 is 2.74 bits per heavy atom. The summed E-state index contributed by atoms with van der Waals surface area (Å²) in [6, 6.07) is 13.2. The van der Waals surface area contributed by atoms with Crippen molar-refractivity contribution in [2.75, 3.05) is 17.6 Å². The highest BCUT2D eigenvalue weighted by atomic mass is 35.5. The number of carbonyl (C=O) groups is 1. The summed E-state index contributed by atoms with van der Waals surface area (Å²) in [6.07, 6.45) is 4.32. The van der Waals surface area contributed by atoms with Crippen LogP contribution >= 0.6 is 23.4 Å². The molecule has 3 heterocycles. The van der Waals surface area contributed by atoms with Crippen molar-refractivity contribution in [2.45, 2.75) is 25.3 Å². The quantitative estimate of drug-likeness (QED) is 0.198. The van der Waals surface area contributed by atoms with Crippen molar-refractivity contribution in [2.24, 2.45) is 4.99 Å². The van der Waals surface area contributed by atoms with Crippen LogP contribution in [0.15, 0.2) is 64.9 Å². The number of aromatic nitrogens is 4. The number of hydrogen-bond donors (Lipinski definition) is 3. The Balaban J connectivity index is 1.46. The summed E-state index contributed by atoms with van der Waals surface area (Å²) >= 11 is 7.51. The molecule has 0 aliphatic heterocycles. The van der Waals surface area contributed by atoms with Gasteiger partial charge in [-0.3, -0.25) is 20.4 Å². The summed E-state index contributed by atoms with van der Waals surface area (Å²) in [6.45, 7) is 4.22. The molecule has 1 amide bonds. The molecule has 4 aromatic rings. The van der Waals surface area contributed by atoms with Crippen LogP contribution in [-0.4, -0.2) is 44.1 Å². The Labute approximate surface area is 206 Å². The largest absolute Gasteiger partial charge is 0.361 e. The van der Waals surface area contributed by atoms with Gasteiger partial charge in [0.1, 0.15) is 0 Å². The number of nitrogens with one attached hydrogen (secondary N) is 3. The number of guanidine groups is 1. The Morgan fingerprint density at radius 2 is 1.97 bits per heavy atom. The molecular formula is C24H24ClN7OS. The molecule has 3 N–H and O–H groups in total. The monoisotopic (exact) mass is 493 g/mol. The normalized spacial score (nSPS) is 11.6. The molecule has 0 aliphatic rings. The van der Waals surface area contributed by atoms with Crippen molar-refractivity contribution in [1.29, 1.82) is 0 Å². The summed E-state index contributed by atoms with van der Waals surface area (Å²) in [5, 5.41) is 8.42. The van der Waals surface area contributed by atoms with E-state index in [9.17, 15) is 4.79 Å². The van der Waals surface area contributed by atoms with Gasteiger partial charge in [-0.25, -0.2) is 15.0 Å². The lowest BCUT2D eigenvalue weighted by Crippen LogP contribution is -2.38. The molecule has 0 saturated heterocycles. The Hall–Kier alpha value is -3.43. The number of anilines is 1. The van der Waals surface area contributed by atoms with E-state index in [2.05, 4.69) is 35.6 Å². The Kier molecular flexibility index (Phi) is 7.76. The first-order valence-electron chi connectivity index (χ1n) is 10.7. The fraction of sp³-hybridized carbons (Fsp3) is 0.208. The zero-order chi connectivity index (χ0) is 23.9. The standard InChI is InChI=1S/C24H24ClN7OS/c1-15-11-16(2)30-24(29-15)32-23(31-21(33)14-34-22-5-3-4-9-26-22)27-10-8-17-13-28-20-7-6-18(25)12-19(17)20/h3-7,9,11-13,28H,8,10,14H2,1-2H3,(H2,27,29,30,31,32,33). The number of amides is 1. The number of halogens is 1. The molecule has 0 fully saturated rings. The molecule has 8 nitrogen and oxygen atoms in total. The summed E-state index contributed by atoms with van der Waals surface area (Å²) in [5.41, 5.74) is 3.76. The number of thioether (sulfide) groups is 1. The molecule has 1 aromatic carbocycles. The van der Waals surface area contributed by atoms with Crippen molar-refractivity contribution < 1.29 is 4.79 Å². The molecule has 3 aromatic heterocycles. The van der Waals surface area contributed by atoms with E-state index in [1.807, 2.05) is 62.5 Å². The maximum atomic E-state index is 12.6. The molecule has 0 aliphatic carbocycles. The highest BCUT2D eigenvalue weighted by molar-refractivity contribution is 7.99. The number of nitrogens with zero attached hydrogens (tertiary/aromatic N) is 4. The van der Waals surface area contributed by atoms with Crippen LogP contribution in [0.4, 0.5) is 5.95 Å². The number of pyridine rings is 1. The van der Waals surface area contributed by atoms with Gasteiger partial charge in [-0.05, 0) is 62.2 Å². The van der Waals surface area contributed by atoms with E-state index >= 15 is 0 Å². The molecule has 0 atom stereocenters. The molecule has 4 rings (SSSR count). The average Bonchev–Trinajstić information content (AvgIpc) is 3.19. The van der Waals surface area contributed by atoms with E-state index in [-0.39, 0.29) is 11.7 Å². The first-order valence-corrected chi connectivity index (χ1v) is 12.1. The summed E-state index contributed by atoms with van der Waals surface area (Å²) in [7, 11) is 0. The number of aliphatic imine (C=N–C) groups is 1. The maximum absolute atomic E-state index is 12.6. The highest BCUT2D eigenvalue weighted by Gasteiger charge is 2.11. The second kappa shape index (κ2) is 11.1. The number of carbonyl (C=O) groups excluding carboxylic acids is 1. The van der Waals surface area contributed by atoms with Gasteiger partial charge in [-0.1, -0.05) is 29.4 Å². The van der Waals surface area contributed by atoms with Crippen molar-refractivity contribution in [3.05, 3.63) is 76.8 Å². The minimum atomic E-state index is -0.204. The van der Waals surface area contributed by atoms with Gasteiger partial charge in [0.2, 0.25) is 17.8 Å². The number of aromatic amines is 1. The number of H-pyrrole nitrogens is 1. The third-order valence-electron chi connectivity index (χ3n) is 4.84. The number of aryl methyl sites for hydroxylation is 2. The fourth-order valence-electron chi connectivity index (χ4n) is 3.38. The van der Waals surface area contributed by atoms with Gasteiger partial charge in [0.15, 0.2) is 0 Å². The van der Waals surface area contributed by atoms with E-state index < -0.39 is 0 Å². The van der Waals surface area contributed by atoms with E-state index in [0.29, 0.717) is 29.9 Å². The van der Waals surface area contributed by atoms with Crippen LogP contribution in [-0.2, 0) is 11.2 Å². The number of fused-ring (bicyclic) bond motifs is 1. The molecule has 0 unspecified atom stereocenters. The van der Waals surface area contributed by atoms with Gasteiger partial charge in [0.25, 0.3) is 0 Å². The molecule has 174 valence electrons. The molecule has 0 saturated carbocycles. The molecule has 34 heavy (non-hydrogen) atoms. The van der Waals surface area contributed by atoms with E-state index in [4.69, 9.17) is 11.6 Å². The van der Waals surface area contributed by atoms with Crippen molar-refractivity contribution in [3.8, 4) is 0 Å². The maximum Gasteiger partial charge on any atom is 0.237 e. The molecule has 0 bridgehead atoms. The van der Waals surface area contributed by atoms with Crippen LogP contribution in [0.2, 0.25) is 5.02 Å². The van der Waals surface area contributed by atoms with Gasteiger partial charge < -0.3 is 4.98 Å². The highest BCUT2D eigenvalue weighted by Crippen LogP contribution is 2.22. The Bertz CT molecular complexity index is 1300. The summed E-state index contributed by atoms with van der Waals surface area (Å²) in [4.78, 5) is 33.5. The zero-order valence-corrected chi connectivity index (χ0v) is 20.4. The van der Waals surface area contributed by atoms with Crippen molar-refractivity contribution >= 4 is 52.1 Å². The second-order valence-corrected chi connectivity index (χ2v) is 9.02. The third kappa shape index (κ3) is 6.55. The zero-order valence-electron chi connectivity index (χ0n) is 18.8. The van der Waals surface area contributed by atoms with Crippen molar-refractivity contribution in [3.63, 3.8) is 0 Å². The third-order valence-corrected chi connectivity index (χ3v) is 6.02. The number of rotatable bonds is 7. The molecule has 10 heteroatoms. The SMILES string of the molecule is Cc1cc(C)nc(NC(=NCCc2c[nH]c3ccc(Cl)cc23)NC(=O)CSc2ccccn2)n1. The van der Waals surface area contributed by atoms with Gasteiger partial charge in [0.05, 0.1) is 10.8 Å². The van der Waals surface area contributed by atoms with Gasteiger partial charge in [0, 0.05) is 46.3 Å². The predicted molar refractivity (Wildman–Crippen MR) is 138 cm³/mol. The van der Waals surface area contributed by atoms with Crippen LogP contribution in [0, 0.1) is 13.8 Å². The number of benzene rings is 1. The minimum absolute atomic E-state index is 0.201. The van der Waals surface area contributed by atoms with Crippen LogP contribution in [0.5, 0.6) is 0 Å². The summed E-state index contributed by atoms with van der Waals surface area (Å²) in [5.74, 6) is 0.680. The first kappa shape index (κ1) is 23.7. The molecule has 0 spiro atoms. The van der Waals surface area contributed by atoms with Gasteiger partial charge in [-0.15, -0.1) is 0 Å². The van der Waals surface area contributed by atoms with Gasteiger partial charge in [-0.2, -0.15) is 0 Å². The first-order chi connectivity index (χ1) is 16.5. The molecular weight excluding hydrogens is 470 g/mol. The lowest BCUT2D eigenvalue weighted by Gasteiger charge is -2.11. The van der Waals surface area contributed by atoms with E-state index in [1.54, 1.807) is 6.20 Å². The van der Waals surface area contributed by atoms with E-state index in [1.165, 1.54) is 11.8 Å². The average molecular weight is 494 g/mol. The lowest BCUT2D eigenvalue weighted by atomic mass is 10.1. The topological polar surface area (TPSA) is 108 Å². The van der Waals surface area contributed by atoms with Gasteiger partial charge >= 0.3 is 0 Å². The van der Waals surface area contributed by atoms with Crippen molar-refractivity contribution in [1.82, 2.24) is 25.3 Å². The van der Waals surface area contributed by atoms with Crippen LogP contribution < -0.4 is 10.6 Å². The Morgan fingerprint density at radius 1 is 1.15 bits per heavy atom.